The molecule has 0 aliphatic carbocycles. The molecule has 2 atom stereocenters. The van der Waals surface area contributed by atoms with E-state index in [9.17, 15) is 4.79 Å². The summed E-state index contributed by atoms with van der Waals surface area (Å²) in [7, 11) is 0. The van der Waals surface area contributed by atoms with Gasteiger partial charge in [-0.3, -0.25) is 4.79 Å². The van der Waals surface area contributed by atoms with Crippen LogP contribution >= 0.6 is 23.1 Å². The number of nitrogens with one attached hydrogen (secondary N) is 1. The summed E-state index contributed by atoms with van der Waals surface area (Å²) in [6.07, 6.45) is 3.11. The van der Waals surface area contributed by atoms with E-state index in [-0.39, 0.29) is 12.0 Å². The number of carbonyl (C=O) groups is 1. The van der Waals surface area contributed by atoms with E-state index < -0.39 is 6.10 Å². The lowest BCUT2D eigenvalue weighted by molar-refractivity contribution is -0.135. The average Bonchev–Trinajstić information content (AvgIpc) is 3.06. The third-order valence-electron chi connectivity index (χ3n) is 3.55. The van der Waals surface area contributed by atoms with Crippen LogP contribution in [0.4, 0.5) is 0 Å². The molecular weight excluding hydrogens is 318 g/mol. The molecule has 0 saturated carbocycles. The van der Waals surface area contributed by atoms with Crippen molar-refractivity contribution in [1.29, 1.82) is 0 Å². The van der Waals surface area contributed by atoms with E-state index in [1.165, 1.54) is 11.3 Å². The minimum atomic E-state index is -0.409. The Morgan fingerprint density at radius 3 is 3.23 bits per heavy atom. The number of ether oxygens (including phenoxy) is 2. The third-order valence-corrected chi connectivity index (χ3v) is 5.61. The number of rotatable bonds is 9. The molecule has 1 aliphatic rings. The Morgan fingerprint density at radius 2 is 2.50 bits per heavy atom. The molecule has 1 amide bonds. The van der Waals surface area contributed by atoms with Crippen LogP contribution in [0.2, 0.25) is 0 Å². The van der Waals surface area contributed by atoms with Gasteiger partial charge in [-0.05, 0) is 37.6 Å². The molecule has 1 aliphatic heterocycles. The van der Waals surface area contributed by atoms with E-state index in [1.807, 2.05) is 11.8 Å². The maximum Gasteiger partial charge on any atom is 0.248 e. The van der Waals surface area contributed by atoms with Gasteiger partial charge in [-0.25, -0.2) is 0 Å². The number of hydrogen-bond acceptors (Lipinski definition) is 5. The number of amides is 1. The minimum absolute atomic E-state index is 0.0347. The van der Waals surface area contributed by atoms with E-state index in [2.05, 4.69) is 22.8 Å². The van der Waals surface area contributed by atoms with Gasteiger partial charge < -0.3 is 14.8 Å². The van der Waals surface area contributed by atoms with E-state index in [1.54, 1.807) is 18.3 Å². The summed E-state index contributed by atoms with van der Waals surface area (Å²) in [5.74, 6) is 1.90. The van der Waals surface area contributed by atoms with Crippen LogP contribution < -0.4 is 5.32 Å². The van der Waals surface area contributed by atoms with Crippen LogP contribution in [0.3, 0.4) is 0 Å². The predicted octanol–water partition coefficient (Wildman–Crippen LogP) is 3.07. The zero-order valence-electron chi connectivity index (χ0n) is 13.1. The van der Waals surface area contributed by atoms with Gasteiger partial charge in [0.05, 0.1) is 12.7 Å². The Morgan fingerprint density at radius 1 is 1.59 bits per heavy atom. The molecule has 1 fully saturated rings. The van der Waals surface area contributed by atoms with Crippen molar-refractivity contribution in [3.05, 3.63) is 22.4 Å². The summed E-state index contributed by atoms with van der Waals surface area (Å²) in [6.45, 7) is 3.82. The topological polar surface area (TPSA) is 47.6 Å². The lowest BCUT2D eigenvalue weighted by Crippen LogP contribution is -2.37. The summed E-state index contributed by atoms with van der Waals surface area (Å²) in [5, 5.41) is 5.02. The maximum absolute atomic E-state index is 11.9. The van der Waals surface area contributed by atoms with Crippen molar-refractivity contribution < 1.29 is 14.3 Å². The molecule has 1 N–H and O–H groups in total. The van der Waals surface area contributed by atoms with E-state index >= 15 is 0 Å². The van der Waals surface area contributed by atoms with Gasteiger partial charge in [0, 0.05) is 29.5 Å². The summed E-state index contributed by atoms with van der Waals surface area (Å²) in [6, 6.07) is 4.21. The van der Waals surface area contributed by atoms with Gasteiger partial charge >= 0.3 is 0 Å². The molecule has 1 saturated heterocycles. The molecule has 2 unspecified atom stereocenters. The molecule has 2 rings (SSSR count). The van der Waals surface area contributed by atoms with Crippen molar-refractivity contribution in [2.24, 2.45) is 0 Å². The Balaban J connectivity index is 1.50. The van der Waals surface area contributed by atoms with Crippen LogP contribution in [0, 0.1) is 0 Å². The Bertz CT molecular complexity index is 419. The molecule has 6 heteroatoms. The van der Waals surface area contributed by atoms with Crippen LogP contribution in [0.25, 0.3) is 0 Å². The van der Waals surface area contributed by atoms with Gasteiger partial charge in [0.1, 0.15) is 6.10 Å². The first-order valence-corrected chi connectivity index (χ1v) is 9.90. The third kappa shape index (κ3) is 6.69. The molecule has 4 nitrogen and oxygen atoms in total. The normalized spacial score (nSPS) is 19.8. The molecule has 0 radical (unpaired) electrons. The van der Waals surface area contributed by atoms with Crippen LogP contribution in [0.1, 0.15) is 31.1 Å². The first-order chi connectivity index (χ1) is 10.8. The zero-order chi connectivity index (χ0) is 15.6. The minimum Gasteiger partial charge on any atom is -0.376 e. The first-order valence-electron chi connectivity index (χ1n) is 7.87. The fraction of sp³-hybridized carbons (Fsp3) is 0.688. The van der Waals surface area contributed by atoms with Gasteiger partial charge in [0.25, 0.3) is 0 Å². The molecular formula is C16H25NO3S2. The van der Waals surface area contributed by atoms with Crippen LogP contribution in [-0.4, -0.2) is 43.6 Å². The fourth-order valence-corrected chi connectivity index (χ4v) is 3.92. The van der Waals surface area contributed by atoms with E-state index in [4.69, 9.17) is 9.47 Å². The molecule has 1 aromatic heterocycles. The van der Waals surface area contributed by atoms with Gasteiger partial charge in [-0.2, -0.15) is 11.8 Å². The molecule has 124 valence electrons. The lowest BCUT2D eigenvalue weighted by Gasteiger charge is -2.23. The van der Waals surface area contributed by atoms with Crippen molar-refractivity contribution in [3.8, 4) is 0 Å². The lowest BCUT2D eigenvalue weighted by atomic mass is 10.1. The SMILES string of the molecule is CC(OCC1CCCCO1)C(=O)NCCSCc1cccs1. The van der Waals surface area contributed by atoms with Crippen molar-refractivity contribution in [3.63, 3.8) is 0 Å². The monoisotopic (exact) mass is 343 g/mol. The smallest absolute Gasteiger partial charge is 0.248 e. The number of thiophene rings is 1. The highest BCUT2D eigenvalue weighted by atomic mass is 32.2. The van der Waals surface area contributed by atoms with Crippen LogP contribution in [0.5, 0.6) is 0 Å². The van der Waals surface area contributed by atoms with Gasteiger partial charge in [-0.1, -0.05) is 6.07 Å². The molecule has 0 spiro atoms. The fourth-order valence-electron chi connectivity index (χ4n) is 2.22. The second-order valence-electron chi connectivity index (χ2n) is 5.39. The second kappa shape index (κ2) is 10.3. The van der Waals surface area contributed by atoms with Crippen molar-refractivity contribution in [1.82, 2.24) is 5.32 Å². The highest BCUT2D eigenvalue weighted by molar-refractivity contribution is 7.98. The molecule has 0 bridgehead atoms. The number of hydrogen-bond donors (Lipinski definition) is 1. The summed E-state index contributed by atoms with van der Waals surface area (Å²) in [5.41, 5.74) is 0. The van der Waals surface area contributed by atoms with Gasteiger partial charge in [-0.15, -0.1) is 11.3 Å². The van der Waals surface area contributed by atoms with E-state index in [0.717, 1.165) is 31.0 Å². The molecule has 2 heterocycles. The summed E-state index contributed by atoms with van der Waals surface area (Å²) >= 11 is 3.61. The maximum atomic E-state index is 11.9. The largest absolute Gasteiger partial charge is 0.376 e. The summed E-state index contributed by atoms with van der Waals surface area (Å²) < 4.78 is 11.2. The Kier molecular flexibility index (Phi) is 8.30. The van der Waals surface area contributed by atoms with Gasteiger partial charge in [0.2, 0.25) is 5.91 Å². The standard InChI is InChI=1S/C16H25NO3S2/c1-13(20-11-14-5-2-3-8-19-14)16(18)17-7-10-21-12-15-6-4-9-22-15/h4,6,9,13-14H,2-3,5,7-8,10-12H2,1H3,(H,17,18). The van der Waals surface area contributed by atoms with Crippen LogP contribution in [-0.2, 0) is 20.0 Å². The Labute approximate surface area is 141 Å². The molecule has 1 aromatic rings. The van der Waals surface area contributed by atoms with Crippen LogP contribution in [0.15, 0.2) is 17.5 Å². The summed E-state index contributed by atoms with van der Waals surface area (Å²) in [4.78, 5) is 13.3. The highest BCUT2D eigenvalue weighted by Crippen LogP contribution is 2.16. The average molecular weight is 344 g/mol. The quantitative estimate of drug-likeness (QED) is 0.700. The van der Waals surface area contributed by atoms with Crippen molar-refractivity contribution in [2.75, 3.05) is 25.5 Å². The first kappa shape index (κ1) is 17.8. The van der Waals surface area contributed by atoms with Crippen molar-refractivity contribution in [2.45, 2.75) is 44.1 Å². The highest BCUT2D eigenvalue weighted by Gasteiger charge is 2.18. The predicted molar refractivity (Wildman–Crippen MR) is 92.5 cm³/mol. The van der Waals surface area contributed by atoms with E-state index in [0.29, 0.717) is 13.2 Å². The number of thioether (sulfide) groups is 1. The zero-order valence-corrected chi connectivity index (χ0v) is 14.7. The molecule has 0 aromatic carbocycles. The van der Waals surface area contributed by atoms with Gasteiger partial charge in [0.15, 0.2) is 0 Å². The van der Waals surface area contributed by atoms with Crippen molar-refractivity contribution >= 4 is 29.0 Å². The Hall–Kier alpha value is -0.560. The molecule has 22 heavy (non-hydrogen) atoms. The number of carbonyl (C=O) groups excluding carboxylic acids is 1. The second-order valence-corrected chi connectivity index (χ2v) is 7.52.